The second kappa shape index (κ2) is 5.86. The van der Waals surface area contributed by atoms with Crippen LogP contribution in [-0.4, -0.2) is 27.2 Å². The number of aryl methyl sites for hydroxylation is 1. The van der Waals surface area contributed by atoms with E-state index < -0.39 is 15.7 Å². The molecule has 0 saturated carbocycles. The molecule has 5 nitrogen and oxygen atoms in total. The molecular formula is C17H18O5S. The fraction of sp³-hybridized carbons (Fsp3) is 0.294. The Labute approximate surface area is 135 Å². The molecule has 1 unspecified atom stereocenters. The summed E-state index contributed by atoms with van der Waals surface area (Å²) in [4.78, 5) is 0.129. The molecule has 0 bridgehead atoms. The molecule has 1 aliphatic rings. The van der Waals surface area contributed by atoms with Gasteiger partial charge in [-0.2, -0.15) is 8.42 Å². The van der Waals surface area contributed by atoms with Gasteiger partial charge in [-0.1, -0.05) is 29.8 Å². The number of para-hydroxylation sites is 2. The summed E-state index contributed by atoms with van der Waals surface area (Å²) in [5.41, 5.74) is 0.114. The lowest BCUT2D eigenvalue weighted by Crippen LogP contribution is -2.46. The van der Waals surface area contributed by atoms with Gasteiger partial charge in [0.1, 0.15) is 13.2 Å². The van der Waals surface area contributed by atoms with Gasteiger partial charge in [0.15, 0.2) is 17.1 Å². The molecule has 0 amide bonds. The molecule has 0 N–H and O–H groups in total. The van der Waals surface area contributed by atoms with E-state index in [-0.39, 0.29) is 18.1 Å². The fourth-order valence-electron chi connectivity index (χ4n) is 2.23. The molecule has 2 aromatic rings. The monoisotopic (exact) mass is 334 g/mol. The van der Waals surface area contributed by atoms with Gasteiger partial charge < -0.3 is 9.47 Å². The fourth-order valence-corrected chi connectivity index (χ4v) is 3.24. The maximum absolute atomic E-state index is 12.3. The van der Waals surface area contributed by atoms with Crippen LogP contribution in [0.2, 0.25) is 0 Å². The van der Waals surface area contributed by atoms with Crippen LogP contribution in [0.3, 0.4) is 0 Å². The molecule has 1 heterocycles. The maximum atomic E-state index is 12.3. The summed E-state index contributed by atoms with van der Waals surface area (Å²) in [7, 11) is -3.83. The van der Waals surface area contributed by atoms with Crippen molar-refractivity contribution in [3.63, 3.8) is 0 Å². The van der Waals surface area contributed by atoms with E-state index in [9.17, 15) is 8.42 Å². The highest BCUT2D eigenvalue weighted by Gasteiger charge is 2.35. The first-order valence-electron chi connectivity index (χ1n) is 7.25. The Morgan fingerprint density at radius 1 is 1.09 bits per heavy atom. The summed E-state index contributed by atoms with van der Waals surface area (Å²) < 4.78 is 41.2. The third-order valence-electron chi connectivity index (χ3n) is 3.57. The van der Waals surface area contributed by atoms with E-state index in [0.29, 0.717) is 11.5 Å². The molecule has 0 aliphatic carbocycles. The first-order valence-corrected chi connectivity index (χ1v) is 8.66. The van der Waals surface area contributed by atoms with Crippen molar-refractivity contribution in [1.29, 1.82) is 0 Å². The van der Waals surface area contributed by atoms with Crippen molar-refractivity contribution in [3.05, 3.63) is 54.1 Å². The number of hydrogen-bond acceptors (Lipinski definition) is 5. The lowest BCUT2D eigenvalue weighted by molar-refractivity contribution is -0.0249. The van der Waals surface area contributed by atoms with E-state index in [1.807, 2.05) is 19.1 Å². The van der Waals surface area contributed by atoms with Crippen molar-refractivity contribution in [3.8, 4) is 11.5 Å². The largest absolute Gasteiger partial charge is 0.485 e. The summed E-state index contributed by atoms with van der Waals surface area (Å²) in [6.07, 6.45) is 0. The molecule has 0 aromatic heterocycles. The van der Waals surface area contributed by atoms with E-state index >= 15 is 0 Å². The van der Waals surface area contributed by atoms with Crippen molar-refractivity contribution >= 4 is 10.1 Å². The normalized spacial score (nSPS) is 20.3. The van der Waals surface area contributed by atoms with Gasteiger partial charge in [0.05, 0.1) is 4.90 Å². The highest BCUT2D eigenvalue weighted by Crippen LogP contribution is 2.35. The summed E-state index contributed by atoms with van der Waals surface area (Å²) >= 11 is 0. The quantitative estimate of drug-likeness (QED) is 0.805. The van der Waals surface area contributed by atoms with E-state index in [4.69, 9.17) is 13.7 Å². The first-order chi connectivity index (χ1) is 10.9. The highest BCUT2D eigenvalue weighted by atomic mass is 32.2. The van der Waals surface area contributed by atoms with Crippen molar-refractivity contribution in [1.82, 2.24) is 0 Å². The van der Waals surface area contributed by atoms with Crippen LogP contribution in [0.15, 0.2) is 53.4 Å². The molecule has 122 valence electrons. The summed E-state index contributed by atoms with van der Waals surface area (Å²) in [5.74, 6) is 1.23. The van der Waals surface area contributed by atoms with Crippen molar-refractivity contribution in [2.75, 3.05) is 13.2 Å². The third kappa shape index (κ3) is 3.48. The zero-order chi connectivity index (χ0) is 16.5. The summed E-state index contributed by atoms with van der Waals surface area (Å²) in [6.45, 7) is 3.74. The predicted molar refractivity (Wildman–Crippen MR) is 85.3 cm³/mol. The van der Waals surface area contributed by atoms with Crippen LogP contribution < -0.4 is 9.47 Å². The van der Waals surface area contributed by atoms with Crippen LogP contribution in [0, 0.1) is 6.92 Å². The molecule has 0 saturated heterocycles. The van der Waals surface area contributed by atoms with Crippen LogP contribution in [-0.2, 0) is 14.3 Å². The second-order valence-electron chi connectivity index (χ2n) is 5.82. The van der Waals surface area contributed by atoms with Gasteiger partial charge in [0.2, 0.25) is 0 Å². The molecule has 23 heavy (non-hydrogen) atoms. The average molecular weight is 334 g/mol. The molecule has 2 aromatic carbocycles. The van der Waals surface area contributed by atoms with E-state index in [1.165, 1.54) is 12.1 Å². The van der Waals surface area contributed by atoms with Gasteiger partial charge in [-0.15, -0.1) is 0 Å². The lowest BCUT2D eigenvalue weighted by atomic mass is 10.1. The van der Waals surface area contributed by atoms with Crippen LogP contribution in [0.4, 0.5) is 0 Å². The minimum atomic E-state index is -3.83. The van der Waals surface area contributed by atoms with Crippen molar-refractivity contribution < 1.29 is 22.1 Å². The van der Waals surface area contributed by atoms with Gasteiger partial charge >= 0.3 is 0 Å². The Kier molecular flexibility index (Phi) is 4.04. The van der Waals surface area contributed by atoms with Gasteiger partial charge in [0, 0.05) is 0 Å². The lowest BCUT2D eigenvalue weighted by Gasteiger charge is -2.34. The third-order valence-corrected chi connectivity index (χ3v) is 4.85. The number of rotatable bonds is 4. The second-order valence-corrected chi connectivity index (χ2v) is 7.43. The van der Waals surface area contributed by atoms with Crippen LogP contribution in [0.1, 0.15) is 12.5 Å². The minimum Gasteiger partial charge on any atom is -0.485 e. The molecule has 0 radical (unpaired) electrons. The van der Waals surface area contributed by atoms with E-state index in [2.05, 4.69) is 0 Å². The molecule has 0 fully saturated rings. The van der Waals surface area contributed by atoms with E-state index in [0.717, 1.165) is 5.56 Å². The number of fused-ring (bicyclic) bond motifs is 1. The number of ether oxygens (including phenoxy) is 2. The Morgan fingerprint density at radius 2 is 1.74 bits per heavy atom. The molecule has 0 spiro atoms. The van der Waals surface area contributed by atoms with Crippen LogP contribution in [0.5, 0.6) is 11.5 Å². The Balaban J connectivity index is 1.71. The van der Waals surface area contributed by atoms with Gasteiger partial charge in [-0.25, -0.2) is 0 Å². The number of benzene rings is 2. The van der Waals surface area contributed by atoms with Gasteiger partial charge in [-0.05, 0) is 38.1 Å². The van der Waals surface area contributed by atoms with Crippen LogP contribution >= 0.6 is 0 Å². The number of hydrogen-bond donors (Lipinski definition) is 0. The summed E-state index contributed by atoms with van der Waals surface area (Å²) in [6, 6.07) is 13.8. The zero-order valence-electron chi connectivity index (χ0n) is 13.0. The molecule has 3 rings (SSSR count). The van der Waals surface area contributed by atoms with Gasteiger partial charge in [0.25, 0.3) is 10.1 Å². The van der Waals surface area contributed by atoms with Crippen molar-refractivity contribution in [2.45, 2.75) is 24.3 Å². The minimum absolute atomic E-state index is 0.127. The Hall–Kier alpha value is -2.05. The molecular weight excluding hydrogens is 316 g/mol. The van der Waals surface area contributed by atoms with Crippen LogP contribution in [0.25, 0.3) is 0 Å². The van der Waals surface area contributed by atoms with Gasteiger partial charge in [-0.3, -0.25) is 4.18 Å². The SMILES string of the molecule is Cc1ccc(S(=O)(=O)OCC2(C)COc3ccccc3O2)cc1. The summed E-state index contributed by atoms with van der Waals surface area (Å²) in [5, 5.41) is 0. The standard InChI is InChI=1S/C17H18O5S/c1-13-7-9-14(10-8-13)23(18,19)21-12-17(2)11-20-15-5-3-4-6-16(15)22-17/h3-10H,11-12H2,1-2H3. The highest BCUT2D eigenvalue weighted by molar-refractivity contribution is 7.86. The molecule has 6 heteroatoms. The topological polar surface area (TPSA) is 61.8 Å². The Morgan fingerprint density at radius 3 is 2.43 bits per heavy atom. The molecule has 1 aliphatic heterocycles. The first kappa shape index (κ1) is 15.8. The smallest absolute Gasteiger partial charge is 0.297 e. The zero-order valence-corrected chi connectivity index (χ0v) is 13.8. The van der Waals surface area contributed by atoms with Crippen molar-refractivity contribution in [2.24, 2.45) is 0 Å². The average Bonchev–Trinajstić information content (AvgIpc) is 2.54. The van der Waals surface area contributed by atoms with E-state index in [1.54, 1.807) is 31.2 Å². The Bertz CT molecular complexity index is 798. The molecule has 1 atom stereocenters. The predicted octanol–water partition coefficient (Wildman–Crippen LogP) is 2.93. The maximum Gasteiger partial charge on any atom is 0.297 e.